The highest BCUT2D eigenvalue weighted by atomic mass is 27.3. The molecular weight excluding hydrogens is 547 g/mol. The maximum atomic E-state index is 6.57. The van der Waals surface area contributed by atoms with Crippen molar-refractivity contribution in [2.75, 3.05) is 0 Å². The molecule has 7 rings (SSSR count). The van der Waals surface area contributed by atoms with Gasteiger partial charge in [-0.1, -0.05) is 84.4 Å². The van der Waals surface area contributed by atoms with Crippen molar-refractivity contribution in [3.8, 4) is 28.4 Å². The van der Waals surface area contributed by atoms with E-state index >= 15 is 0 Å². The van der Waals surface area contributed by atoms with Crippen LogP contribution < -0.4 is 11.4 Å². The molecule has 208 valence electrons. The van der Waals surface area contributed by atoms with E-state index in [4.69, 9.17) is 21.3 Å². The Hall–Kier alpha value is -4.89. The summed E-state index contributed by atoms with van der Waals surface area (Å²) in [5, 5.41) is 4.20. The summed E-state index contributed by atoms with van der Waals surface area (Å²) in [4.78, 5) is 9.51. The predicted molar refractivity (Wildman–Crippen MR) is 175 cm³/mol. The third-order valence-electron chi connectivity index (χ3n) is 7.52. The predicted octanol–water partition coefficient (Wildman–Crippen LogP) is 9.05. The summed E-state index contributed by atoms with van der Waals surface area (Å²) in [6.45, 7) is 6.05. The average molecular weight is 577 g/mol. The third-order valence-corrected chi connectivity index (χ3v) is 8.88. The van der Waals surface area contributed by atoms with Crippen molar-refractivity contribution in [2.45, 2.75) is 20.8 Å². The summed E-state index contributed by atoms with van der Waals surface area (Å²) in [6.07, 6.45) is 0. The zero-order valence-corrected chi connectivity index (χ0v) is 25.4. The van der Waals surface area contributed by atoms with Gasteiger partial charge in [0.05, 0.1) is 5.75 Å². The van der Waals surface area contributed by atoms with Gasteiger partial charge < -0.3 is 11.4 Å². The fourth-order valence-corrected chi connectivity index (χ4v) is 6.55. The van der Waals surface area contributed by atoms with Gasteiger partial charge in [-0.3, -0.25) is 0 Å². The summed E-state index contributed by atoms with van der Waals surface area (Å²) in [6, 6.07) is 41.1. The molecule has 0 radical (unpaired) electrons. The van der Waals surface area contributed by atoms with Crippen molar-refractivity contribution >= 4 is 47.7 Å². The zero-order chi connectivity index (χ0) is 29.3. The molecule has 0 fully saturated rings. The monoisotopic (exact) mass is 576 g/mol. The van der Waals surface area contributed by atoms with E-state index in [1.807, 2.05) is 74.5 Å². The van der Waals surface area contributed by atoms with Gasteiger partial charge in [-0.15, -0.1) is 0 Å². The van der Waals surface area contributed by atoms with E-state index in [1.54, 1.807) is 0 Å². The lowest BCUT2D eigenvalue weighted by Gasteiger charge is -2.18. The van der Waals surface area contributed by atoms with E-state index in [2.05, 4.69) is 67.6 Å². The molecule has 0 spiro atoms. The first kappa shape index (κ1) is 27.0. The van der Waals surface area contributed by atoms with Crippen LogP contribution in [0.25, 0.3) is 43.7 Å². The van der Waals surface area contributed by atoms with E-state index in [0.717, 1.165) is 44.0 Å². The summed E-state index contributed by atoms with van der Waals surface area (Å²) in [7, 11) is 0. The fourth-order valence-electron chi connectivity index (χ4n) is 5.24. The van der Waals surface area contributed by atoms with Gasteiger partial charge in [0.2, 0.25) is 0 Å². The van der Waals surface area contributed by atoms with E-state index in [9.17, 15) is 0 Å². The second-order valence-electron chi connectivity index (χ2n) is 10.8. The molecule has 7 aromatic rings. The quantitative estimate of drug-likeness (QED) is 0.177. The van der Waals surface area contributed by atoms with Crippen molar-refractivity contribution in [3.05, 3.63) is 138 Å². The van der Waals surface area contributed by atoms with E-state index in [-0.39, 0.29) is 0 Å². The zero-order valence-electron chi connectivity index (χ0n) is 24.2. The summed E-state index contributed by atoms with van der Waals surface area (Å²) in [5.74, 6) is 1.94. The minimum absolute atomic E-state index is 0.630. The number of aryl methyl sites for hydroxylation is 3. The Balaban J connectivity index is 1.24. The molecule has 0 atom stereocenters. The average Bonchev–Trinajstić information content (AvgIpc) is 3.02. The van der Waals surface area contributed by atoms with E-state index in [1.165, 1.54) is 16.7 Å². The van der Waals surface area contributed by atoms with Gasteiger partial charge in [-0.25, -0.2) is 9.97 Å². The Morgan fingerprint density at radius 3 is 1.63 bits per heavy atom. The summed E-state index contributed by atoms with van der Waals surface area (Å²) < 4.78 is 19.7. The normalized spacial score (nSPS) is 11.1. The minimum Gasteiger partial charge on any atom is -0.577 e. The van der Waals surface area contributed by atoms with E-state index in [0.29, 0.717) is 17.2 Å². The number of hydrogen-bond donors (Lipinski definition) is 0. The topological polar surface area (TPSA) is 53.5 Å². The Morgan fingerprint density at radius 1 is 0.465 bits per heavy atom. The van der Waals surface area contributed by atoms with Crippen LogP contribution in [0.2, 0.25) is 0 Å². The number of para-hydroxylation sites is 2. The molecule has 2 heterocycles. The number of aromatic nitrogens is 2. The van der Waals surface area contributed by atoms with Crippen LogP contribution >= 0.6 is 0 Å². The smallest absolute Gasteiger partial charge is 0.577 e. The first-order valence-corrected chi connectivity index (χ1v) is 15.7. The largest absolute Gasteiger partial charge is 1.20 e. The molecule has 43 heavy (non-hydrogen) atoms. The molecule has 5 aromatic carbocycles. The highest BCUT2D eigenvalue weighted by molar-refractivity contribution is 6.40. The van der Waals surface area contributed by atoms with Crippen LogP contribution in [0.4, 0.5) is 0 Å². The number of benzene rings is 5. The number of hydrogen-bond acceptors (Lipinski definition) is 5. The fraction of sp³-hybridized carbons (Fsp3) is 0.0811. The highest BCUT2D eigenvalue weighted by Crippen LogP contribution is 2.31. The standard InChI is InChI=1S/C17H14O.2C10H9NO.Al/c1-12-2-4-13(5-3-12)14-6-7-16-11-17(18)9-8-15(16)10-14;2*1-7-5-6-8-3-2-4-9(12)10(8)11-7;/h2-11,18H,1H3;2*2-6,12H,1H3;/q;;;+3/p-3. The number of nitrogens with zero attached hydrogens (tertiary/aromatic N) is 2. The molecule has 6 heteroatoms. The lowest BCUT2D eigenvalue weighted by molar-refractivity contribution is 0.310. The van der Waals surface area contributed by atoms with Crippen molar-refractivity contribution < 1.29 is 11.4 Å². The van der Waals surface area contributed by atoms with E-state index < -0.39 is 15.1 Å². The first-order chi connectivity index (χ1) is 21.0. The molecule has 0 N–H and O–H groups in total. The molecule has 0 aliphatic carbocycles. The third kappa shape index (κ3) is 5.76. The van der Waals surface area contributed by atoms with Gasteiger partial charge in [0, 0.05) is 22.2 Å². The minimum atomic E-state index is -2.88. The molecular formula is C37H29AlN2O3. The summed E-state index contributed by atoms with van der Waals surface area (Å²) in [5.41, 5.74) is 7.01. The molecule has 0 amide bonds. The van der Waals surface area contributed by atoms with Crippen molar-refractivity contribution in [1.82, 2.24) is 9.97 Å². The maximum Gasteiger partial charge on any atom is 1.20 e. The second-order valence-corrected chi connectivity index (χ2v) is 12.1. The SMILES string of the molecule is Cc1ccc(-c2ccc3cc([O][Al]([O]c4cccc5ccc(C)nc45)[O]c4cccc5ccc(C)nc45)ccc3c2)cc1. The number of fused-ring (bicyclic) bond motifs is 3. The van der Waals surface area contributed by atoms with Crippen LogP contribution in [0.1, 0.15) is 17.0 Å². The van der Waals surface area contributed by atoms with Crippen LogP contribution in [-0.2, 0) is 0 Å². The number of rotatable bonds is 7. The lowest BCUT2D eigenvalue weighted by Crippen LogP contribution is -2.37. The van der Waals surface area contributed by atoms with Crippen LogP contribution in [0.3, 0.4) is 0 Å². The molecule has 0 saturated carbocycles. The van der Waals surface area contributed by atoms with Gasteiger partial charge in [0.25, 0.3) is 0 Å². The Morgan fingerprint density at radius 2 is 1.00 bits per heavy atom. The van der Waals surface area contributed by atoms with Gasteiger partial charge in [0.15, 0.2) is 0 Å². The highest BCUT2D eigenvalue weighted by Gasteiger charge is 2.45. The van der Waals surface area contributed by atoms with Gasteiger partial charge in [-0.05, 0) is 85.1 Å². The Kier molecular flexibility index (Phi) is 7.16. The van der Waals surface area contributed by atoms with Crippen molar-refractivity contribution in [1.29, 1.82) is 0 Å². The molecule has 5 nitrogen and oxygen atoms in total. The Bertz CT molecular complexity index is 2020. The molecule has 2 aromatic heterocycles. The van der Waals surface area contributed by atoms with Crippen LogP contribution in [0.15, 0.2) is 121 Å². The summed E-state index contributed by atoms with van der Waals surface area (Å²) >= 11 is -2.88. The Labute approximate surface area is 255 Å². The second kappa shape index (κ2) is 11.4. The molecule has 0 bridgehead atoms. The molecule has 0 saturated heterocycles. The molecule has 0 unspecified atom stereocenters. The first-order valence-electron chi connectivity index (χ1n) is 14.3. The van der Waals surface area contributed by atoms with Gasteiger partial charge in [0.1, 0.15) is 22.5 Å². The molecule has 0 aliphatic rings. The van der Waals surface area contributed by atoms with Gasteiger partial charge >= 0.3 is 15.1 Å². The van der Waals surface area contributed by atoms with Crippen LogP contribution in [0.5, 0.6) is 17.2 Å². The maximum absolute atomic E-state index is 6.57. The molecule has 0 aliphatic heterocycles. The van der Waals surface area contributed by atoms with Crippen LogP contribution in [0, 0.1) is 20.8 Å². The van der Waals surface area contributed by atoms with Crippen LogP contribution in [-0.4, -0.2) is 25.1 Å². The van der Waals surface area contributed by atoms with Crippen molar-refractivity contribution in [3.63, 3.8) is 0 Å². The lowest BCUT2D eigenvalue weighted by atomic mass is 10.0. The number of pyridine rings is 2. The van der Waals surface area contributed by atoms with Crippen molar-refractivity contribution in [2.24, 2.45) is 0 Å². The van der Waals surface area contributed by atoms with Gasteiger partial charge in [-0.2, -0.15) is 0 Å².